The smallest absolute Gasteiger partial charge is 0.256 e. The molecule has 1 aliphatic rings. The van der Waals surface area contributed by atoms with Crippen molar-refractivity contribution in [1.29, 1.82) is 0 Å². The van der Waals surface area contributed by atoms with Gasteiger partial charge in [0.1, 0.15) is 6.04 Å². The van der Waals surface area contributed by atoms with E-state index in [0.717, 1.165) is 24.0 Å². The molecule has 30 heavy (non-hydrogen) atoms. The molecule has 4 aromatic rings. The molecule has 1 saturated heterocycles. The van der Waals surface area contributed by atoms with Crippen LogP contribution in [0.1, 0.15) is 40.7 Å². The average Bonchev–Trinajstić information content (AvgIpc) is 3.53. The summed E-state index contributed by atoms with van der Waals surface area (Å²) in [7, 11) is 1.83. The minimum absolute atomic E-state index is 0.102. The molecule has 10 nitrogen and oxygen atoms in total. The van der Waals surface area contributed by atoms with Crippen LogP contribution in [0.15, 0.2) is 47.5 Å². The zero-order valence-electron chi connectivity index (χ0n) is 16.6. The molecule has 5 rings (SSSR count). The fraction of sp³-hybridized carbons (Fsp3) is 0.300. The van der Waals surface area contributed by atoms with Gasteiger partial charge < -0.3 is 9.42 Å². The van der Waals surface area contributed by atoms with Crippen molar-refractivity contribution in [2.45, 2.75) is 25.8 Å². The Kier molecular flexibility index (Phi) is 4.38. The lowest BCUT2D eigenvalue weighted by Crippen LogP contribution is -2.31. The van der Waals surface area contributed by atoms with Crippen molar-refractivity contribution in [2.75, 3.05) is 6.54 Å². The number of nitrogens with zero attached hydrogens (tertiary/aromatic N) is 8. The van der Waals surface area contributed by atoms with E-state index < -0.39 is 0 Å². The minimum atomic E-state index is -0.269. The molecule has 1 amide bonds. The first-order chi connectivity index (χ1) is 14.6. The number of likely N-dealkylation sites (tertiary alicyclic amines) is 1. The number of carbonyl (C=O) groups is 1. The van der Waals surface area contributed by atoms with E-state index in [1.165, 1.54) is 4.80 Å². The van der Waals surface area contributed by atoms with Crippen LogP contribution in [0, 0.1) is 6.92 Å². The van der Waals surface area contributed by atoms with Crippen LogP contribution in [-0.4, -0.2) is 52.3 Å². The summed E-state index contributed by atoms with van der Waals surface area (Å²) in [6, 6.07) is 5.40. The van der Waals surface area contributed by atoms with Crippen LogP contribution in [0.25, 0.3) is 17.1 Å². The van der Waals surface area contributed by atoms with E-state index in [4.69, 9.17) is 4.52 Å². The fourth-order valence-electron chi connectivity index (χ4n) is 3.78. The van der Waals surface area contributed by atoms with E-state index in [1.54, 1.807) is 28.2 Å². The summed E-state index contributed by atoms with van der Waals surface area (Å²) in [5, 5.41) is 16.6. The van der Waals surface area contributed by atoms with Gasteiger partial charge in [-0.2, -0.15) is 25.1 Å². The number of aryl methyl sites for hydroxylation is 2. The Bertz CT molecular complexity index is 1190. The van der Waals surface area contributed by atoms with Crippen LogP contribution in [0.2, 0.25) is 0 Å². The third-order valence-electron chi connectivity index (χ3n) is 5.22. The molecule has 0 saturated carbocycles. The summed E-state index contributed by atoms with van der Waals surface area (Å²) in [5.41, 5.74) is 2.95. The van der Waals surface area contributed by atoms with E-state index in [1.807, 2.05) is 38.4 Å². The normalized spacial score (nSPS) is 16.3. The molecule has 152 valence electrons. The second kappa shape index (κ2) is 7.21. The number of hydrogen-bond donors (Lipinski definition) is 0. The summed E-state index contributed by atoms with van der Waals surface area (Å²) in [5.74, 6) is 0.801. The Morgan fingerprint density at radius 1 is 1.20 bits per heavy atom. The Hall–Kier alpha value is -3.82. The summed E-state index contributed by atoms with van der Waals surface area (Å²) in [6.07, 6.45) is 8.31. The first kappa shape index (κ1) is 18.2. The van der Waals surface area contributed by atoms with Crippen LogP contribution in [0.4, 0.5) is 0 Å². The van der Waals surface area contributed by atoms with Crippen LogP contribution < -0.4 is 0 Å². The second-order valence-electron chi connectivity index (χ2n) is 7.35. The van der Waals surface area contributed by atoms with E-state index >= 15 is 0 Å². The van der Waals surface area contributed by atoms with E-state index in [-0.39, 0.29) is 11.9 Å². The molecular weight excluding hydrogens is 384 g/mol. The number of rotatable bonds is 4. The lowest BCUT2D eigenvalue weighted by molar-refractivity contribution is 0.0709. The molecule has 1 aliphatic heterocycles. The number of amides is 1. The van der Waals surface area contributed by atoms with Crippen molar-refractivity contribution in [3.05, 3.63) is 60.0 Å². The molecule has 1 fully saturated rings. The standard InChI is InChI=1S/C20H20N8O2/c1-13-5-6-16(28-21-7-8-22-28)15(10-13)20(29)27-9-3-4-17(27)19-24-18(25-30-19)14-11-23-26(2)12-14/h5-8,10-12,17H,3-4,9H2,1-2H3. The highest BCUT2D eigenvalue weighted by Crippen LogP contribution is 2.34. The third-order valence-corrected chi connectivity index (χ3v) is 5.22. The highest BCUT2D eigenvalue weighted by atomic mass is 16.5. The quantitative estimate of drug-likeness (QED) is 0.514. The molecule has 1 atom stereocenters. The Labute approximate surface area is 172 Å². The number of carbonyl (C=O) groups excluding carboxylic acids is 1. The van der Waals surface area contributed by atoms with Gasteiger partial charge in [-0.15, -0.1) is 0 Å². The van der Waals surface area contributed by atoms with E-state index in [9.17, 15) is 4.79 Å². The topological polar surface area (TPSA) is 108 Å². The van der Waals surface area contributed by atoms with Crippen LogP contribution in [0.3, 0.4) is 0 Å². The highest BCUT2D eigenvalue weighted by molar-refractivity contribution is 5.98. The Balaban J connectivity index is 1.47. The zero-order valence-corrected chi connectivity index (χ0v) is 16.6. The number of hydrogen-bond acceptors (Lipinski definition) is 7. The average molecular weight is 404 g/mol. The zero-order chi connectivity index (χ0) is 20.7. The summed E-state index contributed by atoms with van der Waals surface area (Å²) < 4.78 is 7.21. The maximum Gasteiger partial charge on any atom is 0.256 e. The minimum Gasteiger partial charge on any atom is -0.337 e. The molecule has 0 aliphatic carbocycles. The SMILES string of the molecule is Cc1ccc(-n2nccn2)c(C(=O)N2CCCC2c2nc(-c3cnn(C)c3)no2)c1. The van der Waals surface area contributed by atoms with Gasteiger partial charge in [-0.3, -0.25) is 9.48 Å². The first-order valence-corrected chi connectivity index (χ1v) is 9.71. The van der Waals surface area contributed by atoms with Crippen molar-refractivity contribution in [3.63, 3.8) is 0 Å². The molecular formula is C20H20N8O2. The first-order valence-electron chi connectivity index (χ1n) is 9.71. The van der Waals surface area contributed by atoms with Gasteiger partial charge in [-0.1, -0.05) is 16.8 Å². The molecule has 3 aromatic heterocycles. The monoisotopic (exact) mass is 404 g/mol. The van der Waals surface area contributed by atoms with E-state index in [0.29, 0.717) is 29.5 Å². The van der Waals surface area contributed by atoms with Gasteiger partial charge >= 0.3 is 0 Å². The highest BCUT2D eigenvalue weighted by Gasteiger charge is 2.35. The van der Waals surface area contributed by atoms with Crippen molar-refractivity contribution in [1.82, 2.24) is 39.8 Å². The predicted octanol–water partition coefficient (Wildman–Crippen LogP) is 2.34. The Morgan fingerprint density at radius 2 is 2.03 bits per heavy atom. The van der Waals surface area contributed by atoms with Gasteiger partial charge in [0.2, 0.25) is 11.7 Å². The van der Waals surface area contributed by atoms with E-state index in [2.05, 4.69) is 25.4 Å². The van der Waals surface area contributed by atoms with Gasteiger partial charge in [0.25, 0.3) is 5.91 Å². The Morgan fingerprint density at radius 3 is 2.80 bits per heavy atom. The molecule has 4 heterocycles. The van der Waals surface area contributed by atoms with Crippen molar-refractivity contribution in [2.24, 2.45) is 7.05 Å². The summed E-state index contributed by atoms with van der Waals surface area (Å²) in [6.45, 7) is 2.57. The maximum absolute atomic E-state index is 13.5. The van der Waals surface area contributed by atoms with Gasteiger partial charge in [-0.25, -0.2) is 0 Å². The van der Waals surface area contributed by atoms with Gasteiger partial charge in [0.15, 0.2) is 0 Å². The molecule has 0 radical (unpaired) electrons. The summed E-state index contributed by atoms with van der Waals surface area (Å²) in [4.78, 5) is 21.3. The molecule has 1 unspecified atom stereocenters. The summed E-state index contributed by atoms with van der Waals surface area (Å²) >= 11 is 0. The molecule has 1 aromatic carbocycles. The third kappa shape index (κ3) is 3.15. The fourth-order valence-corrected chi connectivity index (χ4v) is 3.78. The lowest BCUT2D eigenvalue weighted by Gasteiger charge is -2.23. The molecule has 10 heteroatoms. The van der Waals surface area contributed by atoms with Crippen LogP contribution >= 0.6 is 0 Å². The van der Waals surface area contributed by atoms with Gasteiger partial charge in [0, 0.05) is 19.8 Å². The molecule has 0 spiro atoms. The van der Waals surface area contributed by atoms with Gasteiger partial charge in [0.05, 0.1) is 35.4 Å². The van der Waals surface area contributed by atoms with Crippen molar-refractivity contribution in [3.8, 4) is 17.1 Å². The maximum atomic E-state index is 13.5. The van der Waals surface area contributed by atoms with Crippen LogP contribution in [-0.2, 0) is 7.05 Å². The van der Waals surface area contributed by atoms with Crippen molar-refractivity contribution >= 4 is 5.91 Å². The van der Waals surface area contributed by atoms with Gasteiger partial charge in [-0.05, 0) is 31.9 Å². The second-order valence-corrected chi connectivity index (χ2v) is 7.35. The lowest BCUT2D eigenvalue weighted by atomic mass is 10.1. The molecule has 0 bridgehead atoms. The van der Waals surface area contributed by atoms with Crippen LogP contribution in [0.5, 0.6) is 0 Å². The largest absolute Gasteiger partial charge is 0.337 e. The molecule has 0 N–H and O–H groups in total. The number of benzene rings is 1. The van der Waals surface area contributed by atoms with Crippen molar-refractivity contribution < 1.29 is 9.32 Å². The number of aromatic nitrogens is 7. The predicted molar refractivity (Wildman–Crippen MR) is 106 cm³/mol.